The second kappa shape index (κ2) is 6.81. The molecule has 0 saturated heterocycles. The van der Waals surface area contributed by atoms with Crippen LogP contribution in [-0.4, -0.2) is 34.7 Å². The molecule has 26 heavy (non-hydrogen) atoms. The lowest BCUT2D eigenvalue weighted by molar-refractivity contribution is -0.117. The number of amides is 1. The van der Waals surface area contributed by atoms with Gasteiger partial charge in [-0.25, -0.2) is 12.8 Å². The minimum atomic E-state index is -3.96. The van der Waals surface area contributed by atoms with E-state index in [1.807, 2.05) is 0 Å². The fourth-order valence-electron chi connectivity index (χ4n) is 2.48. The molecule has 1 amide bonds. The predicted octanol–water partition coefficient (Wildman–Crippen LogP) is 1.51. The first-order valence-corrected chi connectivity index (χ1v) is 8.93. The van der Waals surface area contributed by atoms with Gasteiger partial charge in [0.05, 0.1) is 25.6 Å². The van der Waals surface area contributed by atoms with Crippen molar-refractivity contribution < 1.29 is 27.1 Å². The molecule has 3 N–H and O–H groups in total. The zero-order chi connectivity index (χ0) is 18.9. The van der Waals surface area contributed by atoms with Crippen molar-refractivity contribution >= 4 is 27.3 Å². The maximum absolute atomic E-state index is 13.4. The number of methoxy groups -OCH3 is 2. The number of hydrogen-bond donors (Lipinski definition) is 3. The number of anilines is 2. The molecule has 0 unspecified atom stereocenters. The van der Waals surface area contributed by atoms with E-state index in [9.17, 15) is 17.6 Å². The van der Waals surface area contributed by atoms with Crippen molar-refractivity contribution in [3.63, 3.8) is 0 Å². The SMILES string of the molecule is COc1ccc(NC(=O)[C@@H]2Nc3cc(F)ccc3S(=O)(=O)N2)c(OC)c1. The van der Waals surface area contributed by atoms with E-state index in [2.05, 4.69) is 15.4 Å². The van der Waals surface area contributed by atoms with Crippen LogP contribution in [-0.2, 0) is 14.8 Å². The fourth-order valence-corrected chi connectivity index (χ4v) is 3.74. The van der Waals surface area contributed by atoms with E-state index in [-0.39, 0.29) is 10.6 Å². The number of carbonyl (C=O) groups is 1. The number of halogens is 1. The van der Waals surface area contributed by atoms with E-state index in [1.165, 1.54) is 14.2 Å². The van der Waals surface area contributed by atoms with Crippen LogP contribution in [0, 0.1) is 5.82 Å². The number of hydrogen-bond acceptors (Lipinski definition) is 6. The van der Waals surface area contributed by atoms with Crippen LogP contribution in [0.15, 0.2) is 41.3 Å². The van der Waals surface area contributed by atoms with Crippen LogP contribution in [0.3, 0.4) is 0 Å². The van der Waals surface area contributed by atoms with Gasteiger partial charge in [-0.2, -0.15) is 4.72 Å². The van der Waals surface area contributed by atoms with E-state index in [0.717, 1.165) is 18.2 Å². The lowest BCUT2D eigenvalue weighted by Gasteiger charge is -2.27. The summed E-state index contributed by atoms with van der Waals surface area (Å²) in [6, 6.07) is 7.91. The smallest absolute Gasteiger partial charge is 0.263 e. The van der Waals surface area contributed by atoms with Crippen LogP contribution in [0.4, 0.5) is 15.8 Å². The molecule has 1 heterocycles. The van der Waals surface area contributed by atoms with Crippen molar-refractivity contribution in [2.75, 3.05) is 24.9 Å². The monoisotopic (exact) mass is 381 g/mol. The van der Waals surface area contributed by atoms with Crippen molar-refractivity contribution in [1.29, 1.82) is 0 Å². The third kappa shape index (κ3) is 3.41. The topological polar surface area (TPSA) is 106 Å². The molecule has 2 aromatic carbocycles. The number of rotatable bonds is 4. The lowest BCUT2D eigenvalue weighted by Crippen LogP contribution is -2.51. The van der Waals surface area contributed by atoms with Crippen LogP contribution < -0.4 is 24.8 Å². The summed E-state index contributed by atoms with van der Waals surface area (Å²) in [6.07, 6.45) is -1.32. The first-order chi connectivity index (χ1) is 12.3. The molecule has 1 aliphatic heterocycles. The minimum Gasteiger partial charge on any atom is -0.497 e. The van der Waals surface area contributed by atoms with Gasteiger partial charge in [-0.1, -0.05) is 0 Å². The Hall–Kier alpha value is -2.85. The van der Waals surface area contributed by atoms with Crippen LogP contribution in [0.5, 0.6) is 11.5 Å². The van der Waals surface area contributed by atoms with Gasteiger partial charge >= 0.3 is 0 Å². The van der Waals surface area contributed by atoms with E-state index < -0.39 is 27.9 Å². The van der Waals surface area contributed by atoms with Crippen LogP contribution in [0.1, 0.15) is 0 Å². The van der Waals surface area contributed by atoms with Crippen molar-refractivity contribution in [1.82, 2.24) is 4.72 Å². The molecule has 0 aromatic heterocycles. The van der Waals surface area contributed by atoms with Crippen molar-refractivity contribution in [2.24, 2.45) is 0 Å². The summed E-state index contributed by atoms with van der Waals surface area (Å²) in [5, 5.41) is 5.23. The number of carbonyl (C=O) groups excluding carboxylic acids is 1. The third-order valence-electron chi connectivity index (χ3n) is 3.73. The lowest BCUT2D eigenvalue weighted by atomic mass is 10.2. The summed E-state index contributed by atoms with van der Waals surface area (Å²) >= 11 is 0. The average Bonchev–Trinajstić information content (AvgIpc) is 2.60. The first-order valence-electron chi connectivity index (χ1n) is 7.45. The molecule has 2 aromatic rings. The van der Waals surface area contributed by atoms with Gasteiger partial charge in [-0.3, -0.25) is 4.79 Å². The quantitative estimate of drug-likeness (QED) is 0.741. The second-order valence-corrected chi connectivity index (χ2v) is 7.08. The number of ether oxygens (including phenoxy) is 2. The fraction of sp³-hybridized carbons (Fsp3) is 0.188. The van der Waals surface area contributed by atoms with E-state index in [4.69, 9.17) is 9.47 Å². The maximum Gasteiger partial charge on any atom is 0.263 e. The number of nitrogens with one attached hydrogen (secondary N) is 3. The van der Waals surface area contributed by atoms with Crippen molar-refractivity contribution in [3.8, 4) is 11.5 Å². The summed E-state index contributed by atoms with van der Waals surface area (Å²) < 4.78 is 50.4. The third-order valence-corrected chi connectivity index (χ3v) is 5.21. The van der Waals surface area contributed by atoms with Gasteiger partial charge in [-0.15, -0.1) is 0 Å². The van der Waals surface area contributed by atoms with Crippen LogP contribution in [0.25, 0.3) is 0 Å². The Bertz CT molecular complexity index is 964. The van der Waals surface area contributed by atoms with E-state index in [0.29, 0.717) is 17.2 Å². The second-order valence-electron chi connectivity index (χ2n) is 5.39. The van der Waals surface area contributed by atoms with Gasteiger partial charge in [0.15, 0.2) is 6.17 Å². The first kappa shape index (κ1) is 18.0. The molecule has 0 radical (unpaired) electrons. The Balaban J connectivity index is 1.86. The average molecular weight is 381 g/mol. The molecule has 8 nitrogen and oxygen atoms in total. The van der Waals surface area contributed by atoms with Gasteiger partial charge in [0.25, 0.3) is 5.91 Å². The molecule has 0 saturated carbocycles. The number of sulfonamides is 1. The van der Waals surface area contributed by atoms with Crippen molar-refractivity contribution in [2.45, 2.75) is 11.1 Å². The number of benzene rings is 2. The van der Waals surface area contributed by atoms with Gasteiger partial charge in [-0.05, 0) is 30.3 Å². The molecule has 1 atom stereocenters. The van der Waals surface area contributed by atoms with E-state index in [1.54, 1.807) is 18.2 Å². The Labute approximate surface area is 149 Å². The highest BCUT2D eigenvalue weighted by Crippen LogP contribution is 2.30. The van der Waals surface area contributed by atoms with Gasteiger partial charge in [0.2, 0.25) is 10.0 Å². The highest BCUT2D eigenvalue weighted by Gasteiger charge is 2.33. The molecular formula is C16H16FN3O5S. The number of fused-ring (bicyclic) bond motifs is 1. The highest BCUT2D eigenvalue weighted by atomic mass is 32.2. The molecule has 0 bridgehead atoms. The summed E-state index contributed by atoms with van der Waals surface area (Å²) in [7, 11) is -1.05. The van der Waals surface area contributed by atoms with Crippen molar-refractivity contribution in [3.05, 3.63) is 42.2 Å². The standard InChI is InChI=1S/C16H16FN3O5S/c1-24-10-4-5-11(13(8-10)25-2)19-16(21)15-18-12-7-9(17)3-6-14(12)26(22,23)20-15/h3-8,15,18,20H,1-2H3,(H,19,21)/t15-/m1/s1. The van der Waals surface area contributed by atoms with Gasteiger partial charge < -0.3 is 20.1 Å². The Morgan fingerprint density at radius 1 is 1.15 bits per heavy atom. The van der Waals surface area contributed by atoms with Gasteiger partial charge in [0.1, 0.15) is 22.2 Å². The van der Waals surface area contributed by atoms with Crippen LogP contribution in [0.2, 0.25) is 0 Å². The molecular weight excluding hydrogens is 365 g/mol. The molecule has 1 aliphatic rings. The molecule has 0 fully saturated rings. The molecule has 10 heteroatoms. The molecule has 138 valence electrons. The summed E-state index contributed by atoms with van der Waals surface area (Å²) in [6.45, 7) is 0. The zero-order valence-corrected chi connectivity index (χ0v) is 14.7. The predicted molar refractivity (Wildman–Crippen MR) is 92.3 cm³/mol. The van der Waals surface area contributed by atoms with Gasteiger partial charge in [0, 0.05) is 6.07 Å². The summed E-state index contributed by atoms with van der Waals surface area (Å²) in [4.78, 5) is 12.4. The van der Waals surface area contributed by atoms with Crippen LogP contribution >= 0.6 is 0 Å². The Kier molecular flexibility index (Phi) is 4.70. The molecule has 3 rings (SSSR count). The minimum absolute atomic E-state index is 0.00518. The Morgan fingerprint density at radius 3 is 2.62 bits per heavy atom. The van der Waals surface area contributed by atoms with E-state index >= 15 is 0 Å². The summed E-state index contributed by atoms with van der Waals surface area (Å²) in [5.41, 5.74) is 0.329. The molecule has 0 aliphatic carbocycles. The summed E-state index contributed by atoms with van der Waals surface area (Å²) in [5.74, 6) is -0.445. The zero-order valence-electron chi connectivity index (χ0n) is 13.9. The normalized spacial score (nSPS) is 17.6. The largest absolute Gasteiger partial charge is 0.497 e. The molecule has 0 spiro atoms. The highest BCUT2D eigenvalue weighted by molar-refractivity contribution is 7.89. The Morgan fingerprint density at radius 2 is 1.92 bits per heavy atom. The maximum atomic E-state index is 13.4.